The summed E-state index contributed by atoms with van der Waals surface area (Å²) >= 11 is 0. The first kappa shape index (κ1) is 15.1. The van der Waals surface area contributed by atoms with Gasteiger partial charge >= 0.3 is 5.97 Å². The van der Waals surface area contributed by atoms with E-state index in [-0.39, 0.29) is 18.7 Å². The van der Waals surface area contributed by atoms with Crippen molar-refractivity contribution in [2.75, 3.05) is 33.4 Å². The Morgan fingerprint density at radius 2 is 2.33 bits per heavy atom. The fourth-order valence-electron chi connectivity index (χ4n) is 1.97. The van der Waals surface area contributed by atoms with E-state index in [1.54, 1.807) is 0 Å². The van der Waals surface area contributed by atoms with Crippen LogP contribution in [0.15, 0.2) is 11.6 Å². The molecule has 1 aliphatic heterocycles. The van der Waals surface area contributed by atoms with E-state index in [4.69, 9.17) is 14.6 Å². The Balaban J connectivity index is 2.58. The van der Waals surface area contributed by atoms with Gasteiger partial charge in [-0.15, -0.1) is 0 Å². The summed E-state index contributed by atoms with van der Waals surface area (Å²) in [6.07, 6.45) is 2.44. The highest BCUT2D eigenvalue weighted by atomic mass is 16.5. The molecule has 5 heteroatoms. The highest BCUT2D eigenvalue weighted by Gasteiger charge is 2.24. The Labute approximate surface area is 108 Å². The molecule has 2 atom stereocenters. The molecule has 1 N–H and O–H groups in total. The topological polar surface area (TPSA) is 59.0 Å². The minimum absolute atomic E-state index is 0.0323. The molecule has 0 radical (unpaired) electrons. The lowest BCUT2D eigenvalue weighted by Gasteiger charge is -2.36. The molecule has 0 saturated carbocycles. The van der Waals surface area contributed by atoms with E-state index < -0.39 is 0 Å². The summed E-state index contributed by atoms with van der Waals surface area (Å²) in [5, 5.41) is 9.10. The van der Waals surface area contributed by atoms with Crippen molar-refractivity contribution in [3.63, 3.8) is 0 Å². The van der Waals surface area contributed by atoms with Gasteiger partial charge in [-0.1, -0.05) is 13.0 Å². The van der Waals surface area contributed by atoms with Crippen molar-refractivity contribution in [3.05, 3.63) is 11.6 Å². The number of morpholine rings is 1. The van der Waals surface area contributed by atoms with Crippen LogP contribution in [0.2, 0.25) is 0 Å². The maximum Gasteiger partial charge on any atom is 0.333 e. The van der Waals surface area contributed by atoms with E-state index in [0.29, 0.717) is 37.7 Å². The number of hydrogen-bond acceptors (Lipinski definition) is 5. The molecule has 1 saturated heterocycles. The van der Waals surface area contributed by atoms with Gasteiger partial charge in [0.05, 0.1) is 26.4 Å². The lowest BCUT2D eigenvalue weighted by Crippen LogP contribution is -2.49. The standard InChI is InChI=1S/C13H23NO4/c1-4-11(13(16)17-3)5-6-14-7-12(8-15)18-9-10(14)2/h5,10,12,15H,4,6-9H2,1-3H3. The second kappa shape index (κ2) is 7.51. The summed E-state index contributed by atoms with van der Waals surface area (Å²) in [5.74, 6) is -0.267. The van der Waals surface area contributed by atoms with Crippen LogP contribution in [-0.2, 0) is 14.3 Å². The van der Waals surface area contributed by atoms with E-state index in [2.05, 4.69) is 11.8 Å². The second-order valence-corrected chi connectivity index (χ2v) is 4.52. The zero-order chi connectivity index (χ0) is 13.5. The van der Waals surface area contributed by atoms with E-state index in [9.17, 15) is 4.79 Å². The summed E-state index contributed by atoms with van der Waals surface area (Å²) in [6, 6.07) is 0.291. The third-order valence-corrected chi connectivity index (χ3v) is 3.24. The Bertz CT molecular complexity index is 303. The molecule has 1 aliphatic rings. The third kappa shape index (κ3) is 4.08. The monoisotopic (exact) mass is 257 g/mol. The number of rotatable bonds is 5. The summed E-state index contributed by atoms with van der Waals surface area (Å²) in [5.41, 5.74) is 0.691. The number of carbonyl (C=O) groups is 1. The zero-order valence-electron chi connectivity index (χ0n) is 11.4. The van der Waals surface area contributed by atoms with Crippen LogP contribution in [0.1, 0.15) is 20.3 Å². The van der Waals surface area contributed by atoms with Gasteiger partial charge < -0.3 is 14.6 Å². The van der Waals surface area contributed by atoms with Crippen molar-refractivity contribution >= 4 is 5.97 Å². The van der Waals surface area contributed by atoms with Gasteiger partial charge in [-0.3, -0.25) is 4.90 Å². The van der Waals surface area contributed by atoms with Gasteiger partial charge in [0.15, 0.2) is 0 Å². The van der Waals surface area contributed by atoms with Gasteiger partial charge in [-0.25, -0.2) is 4.79 Å². The molecule has 0 aromatic rings. The minimum atomic E-state index is -0.267. The van der Waals surface area contributed by atoms with Crippen molar-refractivity contribution in [1.82, 2.24) is 4.90 Å². The fraction of sp³-hybridized carbons (Fsp3) is 0.769. The van der Waals surface area contributed by atoms with Crippen LogP contribution >= 0.6 is 0 Å². The van der Waals surface area contributed by atoms with Crippen molar-refractivity contribution in [1.29, 1.82) is 0 Å². The quantitative estimate of drug-likeness (QED) is 0.576. The van der Waals surface area contributed by atoms with Crippen molar-refractivity contribution < 1.29 is 19.4 Å². The summed E-state index contributed by atoms with van der Waals surface area (Å²) in [4.78, 5) is 13.6. The first-order chi connectivity index (χ1) is 8.62. The highest BCUT2D eigenvalue weighted by molar-refractivity contribution is 5.88. The third-order valence-electron chi connectivity index (χ3n) is 3.24. The Hall–Kier alpha value is -0.910. The van der Waals surface area contributed by atoms with E-state index in [0.717, 1.165) is 0 Å². The Kier molecular flexibility index (Phi) is 6.32. The van der Waals surface area contributed by atoms with Gasteiger partial charge in [0.25, 0.3) is 0 Å². The van der Waals surface area contributed by atoms with Crippen LogP contribution in [0.25, 0.3) is 0 Å². The van der Waals surface area contributed by atoms with Crippen LogP contribution in [-0.4, -0.2) is 61.5 Å². The normalized spacial score (nSPS) is 26.1. The molecule has 104 valence electrons. The molecule has 0 aromatic heterocycles. The van der Waals surface area contributed by atoms with E-state index >= 15 is 0 Å². The highest BCUT2D eigenvalue weighted by Crippen LogP contribution is 2.12. The number of aliphatic hydroxyl groups excluding tert-OH is 1. The number of methoxy groups -OCH3 is 1. The van der Waals surface area contributed by atoms with Gasteiger partial charge in [0.1, 0.15) is 0 Å². The average Bonchev–Trinajstić information content (AvgIpc) is 2.40. The molecule has 0 bridgehead atoms. The summed E-state index contributed by atoms with van der Waals surface area (Å²) in [6.45, 7) is 6.02. The maximum absolute atomic E-state index is 11.4. The summed E-state index contributed by atoms with van der Waals surface area (Å²) < 4.78 is 10.2. The predicted octanol–water partition coefficient (Wildman–Crippen LogP) is 0.577. The Morgan fingerprint density at radius 1 is 1.61 bits per heavy atom. The van der Waals surface area contributed by atoms with Crippen molar-refractivity contribution in [3.8, 4) is 0 Å². The van der Waals surface area contributed by atoms with Gasteiger partial charge in [-0.05, 0) is 13.3 Å². The fourth-order valence-corrected chi connectivity index (χ4v) is 1.97. The molecule has 0 spiro atoms. The number of carbonyl (C=O) groups excluding carboxylic acids is 1. The van der Waals surface area contributed by atoms with Gasteiger partial charge in [-0.2, -0.15) is 0 Å². The van der Waals surface area contributed by atoms with Gasteiger partial charge in [0.2, 0.25) is 0 Å². The largest absolute Gasteiger partial charge is 0.466 e. The number of nitrogens with zero attached hydrogens (tertiary/aromatic N) is 1. The lowest BCUT2D eigenvalue weighted by atomic mass is 10.1. The predicted molar refractivity (Wildman–Crippen MR) is 68.3 cm³/mol. The molecule has 1 heterocycles. The van der Waals surface area contributed by atoms with E-state index in [1.165, 1.54) is 7.11 Å². The number of hydrogen-bond donors (Lipinski definition) is 1. The van der Waals surface area contributed by atoms with Crippen LogP contribution in [0.4, 0.5) is 0 Å². The number of esters is 1. The lowest BCUT2D eigenvalue weighted by molar-refractivity contribution is -0.136. The minimum Gasteiger partial charge on any atom is -0.466 e. The molecular weight excluding hydrogens is 234 g/mol. The molecule has 0 aromatic carbocycles. The molecule has 18 heavy (non-hydrogen) atoms. The summed E-state index contributed by atoms with van der Waals surface area (Å²) in [7, 11) is 1.39. The second-order valence-electron chi connectivity index (χ2n) is 4.52. The van der Waals surface area contributed by atoms with Crippen LogP contribution < -0.4 is 0 Å². The zero-order valence-corrected chi connectivity index (χ0v) is 11.4. The molecule has 0 aliphatic carbocycles. The van der Waals surface area contributed by atoms with Crippen LogP contribution in [0.3, 0.4) is 0 Å². The molecule has 1 rings (SSSR count). The van der Waals surface area contributed by atoms with Crippen molar-refractivity contribution in [2.24, 2.45) is 0 Å². The Morgan fingerprint density at radius 3 is 2.89 bits per heavy atom. The van der Waals surface area contributed by atoms with Crippen LogP contribution in [0, 0.1) is 0 Å². The average molecular weight is 257 g/mol. The first-order valence-corrected chi connectivity index (χ1v) is 6.36. The molecule has 1 fully saturated rings. The molecule has 0 amide bonds. The number of aliphatic hydroxyl groups is 1. The maximum atomic E-state index is 11.4. The van der Waals surface area contributed by atoms with E-state index in [1.807, 2.05) is 13.0 Å². The smallest absolute Gasteiger partial charge is 0.333 e. The van der Waals surface area contributed by atoms with Gasteiger partial charge in [0, 0.05) is 24.7 Å². The first-order valence-electron chi connectivity index (χ1n) is 6.36. The molecular formula is C13H23NO4. The molecule has 2 unspecified atom stereocenters. The van der Waals surface area contributed by atoms with Crippen LogP contribution in [0.5, 0.6) is 0 Å². The SMILES string of the molecule is CCC(=CCN1CC(CO)OCC1C)C(=O)OC. The molecule has 5 nitrogen and oxygen atoms in total. The number of ether oxygens (including phenoxy) is 2. The van der Waals surface area contributed by atoms with Crippen molar-refractivity contribution in [2.45, 2.75) is 32.4 Å².